The zero-order valence-electron chi connectivity index (χ0n) is 17.1. The van der Waals surface area contributed by atoms with Gasteiger partial charge in [0, 0.05) is 12.1 Å². The molecule has 0 spiro atoms. The average molecular weight is 397 g/mol. The summed E-state index contributed by atoms with van der Waals surface area (Å²) in [5, 5.41) is 4.20. The van der Waals surface area contributed by atoms with E-state index in [1.165, 1.54) is 25.5 Å². The van der Waals surface area contributed by atoms with E-state index in [0.29, 0.717) is 34.8 Å². The van der Waals surface area contributed by atoms with Gasteiger partial charge in [0.15, 0.2) is 0 Å². The first-order chi connectivity index (χ1) is 14.0. The van der Waals surface area contributed by atoms with Crippen LogP contribution in [0.1, 0.15) is 51.6 Å². The van der Waals surface area contributed by atoms with E-state index in [0.717, 1.165) is 25.0 Å². The molecular weight excluding hydrogens is 367 g/mol. The van der Waals surface area contributed by atoms with Gasteiger partial charge in [-0.3, -0.25) is 9.67 Å². The van der Waals surface area contributed by atoms with Gasteiger partial charge in [-0.25, -0.2) is 14.4 Å². The fourth-order valence-corrected chi connectivity index (χ4v) is 4.80. The molecule has 1 fully saturated rings. The highest BCUT2D eigenvalue weighted by Gasteiger charge is 2.37. The Hall–Kier alpha value is -2.57. The molecule has 6 nitrogen and oxygen atoms in total. The standard InChI is InChI=1S/C22H29FN6/c1-14(11-29-13-25-12-28-29)8-15(2)21-17(16-4-3-5-16)6-7-18(22(21)23)19-9-27-20(24)10-26-19/h7,9-10,12-17H,3-6,8,11H2,1-2H3,(H2,24,27). The highest BCUT2D eigenvalue weighted by molar-refractivity contribution is 5.77. The number of rotatable bonds is 7. The molecule has 29 heavy (non-hydrogen) atoms. The van der Waals surface area contributed by atoms with Gasteiger partial charge in [-0.15, -0.1) is 0 Å². The van der Waals surface area contributed by atoms with E-state index in [4.69, 9.17) is 5.73 Å². The second kappa shape index (κ2) is 8.43. The number of nitrogen functional groups attached to an aromatic ring is 1. The predicted octanol–water partition coefficient (Wildman–Crippen LogP) is 4.44. The van der Waals surface area contributed by atoms with Crippen molar-refractivity contribution >= 4 is 11.4 Å². The van der Waals surface area contributed by atoms with Crippen molar-refractivity contribution in [2.75, 3.05) is 5.73 Å². The number of allylic oxidation sites excluding steroid dienone is 4. The molecule has 0 bridgehead atoms. The Kier molecular flexibility index (Phi) is 5.74. The Morgan fingerprint density at radius 3 is 2.69 bits per heavy atom. The number of halogens is 1. The van der Waals surface area contributed by atoms with Crippen molar-refractivity contribution < 1.29 is 4.39 Å². The van der Waals surface area contributed by atoms with E-state index >= 15 is 4.39 Å². The van der Waals surface area contributed by atoms with E-state index in [1.807, 2.05) is 10.8 Å². The van der Waals surface area contributed by atoms with Gasteiger partial charge in [-0.05, 0) is 54.9 Å². The van der Waals surface area contributed by atoms with Gasteiger partial charge >= 0.3 is 0 Å². The average Bonchev–Trinajstić information content (AvgIpc) is 3.14. The molecule has 0 aliphatic heterocycles. The van der Waals surface area contributed by atoms with Crippen LogP contribution in [0.3, 0.4) is 0 Å². The molecule has 3 unspecified atom stereocenters. The zero-order valence-corrected chi connectivity index (χ0v) is 17.1. The minimum atomic E-state index is -0.104. The summed E-state index contributed by atoms with van der Waals surface area (Å²) in [6.45, 7) is 5.15. The Morgan fingerprint density at radius 1 is 1.24 bits per heavy atom. The third-order valence-corrected chi connectivity index (χ3v) is 6.38. The predicted molar refractivity (Wildman–Crippen MR) is 111 cm³/mol. The molecule has 2 aliphatic carbocycles. The molecule has 0 aromatic carbocycles. The quantitative estimate of drug-likeness (QED) is 0.748. The Morgan fingerprint density at radius 2 is 2.07 bits per heavy atom. The second-order valence-corrected chi connectivity index (χ2v) is 8.61. The fourth-order valence-electron chi connectivity index (χ4n) is 4.80. The summed E-state index contributed by atoms with van der Waals surface area (Å²) in [5.41, 5.74) is 7.75. The lowest BCUT2D eigenvalue weighted by atomic mass is 9.66. The maximum atomic E-state index is 15.8. The normalized spacial score (nSPS) is 22.2. The van der Waals surface area contributed by atoms with Gasteiger partial charge < -0.3 is 5.73 Å². The molecule has 0 radical (unpaired) electrons. The molecule has 7 heteroatoms. The molecule has 2 aliphatic rings. The molecule has 0 amide bonds. The minimum Gasteiger partial charge on any atom is -0.382 e. The Bertz CT molecular complexity index is 883. The van der Waals surface area contributed by atoms with E-state index in [-0.39, 0.29) is 11.7 Å². The molecule has 2 aromatic heterocycles. The lowest BCUT2D eigenvalue weighted by Crippen LogP contribution is -2.29. The molecule has 2 aromatic rings. The smallest absolute Gasteiger partial charge is 0.141 e. The molecule has 1 saturated carbocycles. The minimum absolute atomic E-state index is 0.104. The van der Waals surface area contributed by atoms with Crippen LogP contribution < -0.4 is 5.73 Å². The van der Waals surface area contributed by atoms with Gasteiger partial charge in [0.1, 0.15) is 24.3 Å². The number of hydrogen-bond acceptors (Lipinski definition) is 5. The monoisotopic (exact) mass is 396 g/mol. The van der Waals surface area contributed by atoms with Crippen molar-refractivity contribution in [1.82, 2.24) is 24.7 Å². The fraction of sp³-hybridized carbons (Fsp3) is 0.545. The van der Waals surface area contributed by atoms with Crippen LogP contribution in [-0.2, 0) is 6.54 Å². The second-order valence-electron chi connectivity index (χ2n) is 8.61. The van der Waals surface area contributed by atoms with Crippen LogP contribution in [0.4, 0.5) is 10.2 Å². The maximum absolute atomic E-state index is 15.8. The lowest BCUT2D eigenvalue weighted by molar-refractivity contribution is 0.213. The van der Waals surface area contributed by atoms with Crippen LogP contribution in [-0.4, -0.2) is 24.7 Å². The van der Waals surface area contributed by atoms with Crippen molar-refractivity contribution in [3.05, 3.63) is 48.2 Å². The molecular formula is C22H29FN6. The van der Waals surface area contributed by atoms with Crippen molar-refractivity contribution in [3.8, 4) is 0 Å². The van der Waals surface area contributed by atoms with Gasteiger partial charge in [0.2, 0.25) is 0 Å². The van der Waals surface area contributed by atoms with Crippen LogP contribution in [0.25, 0.3) is 5.57 Å². The topological polar surface area (TPSA) is 82.5 Å². The first-order valence-corrected chi connectivity index (χ1v) is 10.5. The molecule has 2 heterocycles. The van der Waals surface area contributed by atoms with Crippen LogP contribution >= 0.6 is 0 Å². The van der Waals surface area contributed by atoms with Crippen LogP contribution in [0.15, 0.2) is 42.5 Å². The van der Waals surface area contributed by atoms with E-state index in [1.54, 1.807) is 18.9 Å². The van der Waals surface area contributed by atoms with Gasteiger partial charge in [0.05, 0.1) is 18.1 Å². The van der Waals surface area contributed by atoms with E-state index < -0.39 is 0 Å². The number of nitrogens with two attached hydrogens (primary N) is 1. The highest BCUT2D eigenvalue weighted by Crippen LogP contribution is 2.48. The van der Waals surface area contributed by atoms with Crippen molar-refractivity contribution in [3.63, 3.8) is 0 Å². The SMILES string of the molecule is CC(CC(C)C1=C(F)C(c2cnc(N)cn2)=CCC1C1CCC1)Cn1cncn1. The van der Waals surface area contributed by atoms with Gasteiger partial charge in [-0.2, -0.15) is 5.10 Å². The van der Waals surface area contributed by atoms with Crippen LogP contribution in [0, 0.1) is 23.7 Å². The molecule has 2 N–H and O–H groups in total. The summed E-state index contributed by atoms with van der Waals surface area (Å²) < 4.78 is 17.7. The number of nitrogens with zero attached hydrogens (tertiary/aromatic N) is 5. The number of anilines is 1. The van der Waals surface area contributed by atoms with Crippen molar-refractivity contribution in [1.29, 1.82) is 0 Å². The summed E-state index contributed by atoms with van der Waals surface area (Å²) in [5.74, 6) is 1.66. The van der Waals surface area contributed by atoms with Crippen molar-refractivity contribution in [2.24, 2.45) is 23.7 Å². The van der Waals surface area contributed by atoms with Gasteiger partial charge in [0.25, 0.3) is 0 Å². The van der Waals surface area contributed by atoms with Crippen LogP contribution in [0.5, 0.6) is 0 Å². The summed E-state index contributed by atoms with van der Waals surface area (Å²) in [4.78, 5) is 12.4. The Balaban J connectivity index is 1.58. The van der Waals surface area contributed by atoms with Crippen molar-refractivity contribution in [2.45, 2.75) is 52.5 Å². The summed E-state index contributed by atoms with van der Waals surface area (Å²) in [7, 11) is 0. The third kappa shape index (κ3) is 4.23. The lowest BCUT2D eigenvalue weighted by Gasteiger charge is -2.39. The first-order valence-electron chi connectivity index (χ1n) is 10.5. The summed E-state index contributed by atoms with van der Waals surface area (Å²) in [6.07, 6.45) is 13.8. The molecule has 4 rings (SSSR count). The molecule has 3 atom stereocenters. The van der Waals surface area contributed by atoms with Crippen LogP contribution in [0.2, 0.25) is 0 Å². The largest absolute Gasteiger partial charge is 0.382 e. The molecule has 0 saturated heterocycles. The third-order valence-electron chi connectivity index (χ3n) is 6.38. The highest BCUT2D eigenvalue weighted by atomic mass is 19.1. The molecule has 154 valence electrons. The first kappa shape index (κ1) is 19.7. The number of hydrogen-bond donors (Lipinski definition) is 1. The Labute approximate surface area is 171 Å². The zero-order chi connectivity index (χ0) is 20.4. The maximum Gasteiger partial charge on any atom is 0.141 e. The summed E-state index contributed by atoms with van der Waals surface area (Å²) >= 11 is 0. The summed E-state index contributed by atoms with van der Waals surface area (Å²) in [6, 6.07) is 0. The van der Waals surface area contributed by atoms with Gasteiger partial charge in [-0.1, -0.05) is 26.3 Å². The number of aromatic nitrogens is 5. The van der Waals surface area contributed by atoms with E-state index in [9.17, 15) is 0 Å². The van der Waals surface area contributed by atoms with E-state index in [2.05, 4.69) is 33.9 Å².